The summed E-state index contributed by atoms with van der Waals surface area (Å²) in [4.78, 5) is 16.4. The molecule has 0 unspecified atom stereocenters. The van der Waals surface area contributed by atoms with Gasteiger partial charge in [0.2, 0.25) is 0 Å². The number of rotatable bonds is 2. The van der Waals surface area contributed by atoms with Crippen molar-refractivity contribution < 1.29 is 23.1 Å². The normalized spacial score (nSPS) is 24.3. The van der Waals surface area contributed by atoms with Gasteiger partial charge in [0, 0.05) is 35.5 Å². The summed E-state index contributed by atoms with van der Waals surface area (Å²) in [5.74, 6) is -0.457. The van der Waals surface area contributed by atoms with Crippen LogP contribution >= 0.6 is 0 Å². The highest BCUT2D eigenvalue weighted by Crippen LogP contribution is 2.45. The van der Waals surface area contributed by atoms with Crippen LogP contribution in [0.4, 0.5) is 13.2 Å². The number of amides is 1. The van der Waals surface area contributed by atoms with E-state index in [4.69, 9.17) is 0 Å². The van der Waals surface area contributed by atoms with Crippen molar-refractivity contribution in [2.24, 2.45) is 0 Å². The molecule has 1 aromatic carbocycles. The van der Waals surface area contributed by atoms with Gasteiger partial charge in [0.25, 0.3) is 5.91 Å². The summed E-state index contributed by atoms with van der Waals surface area (Å²) in [6.45, 7) is 1.86. The molecule has 1 heterocycles. The monoisotopic (exact) mass is 324 g/mol. The number of hydrogen-bond acceptors (Lipinski definition) is 3. The molecule has 7 heteroatoms. The first kappa shape index (κ1) is 15.7. The van der Waals surface area contributed by atoms with E-state index in [9.17, 15) is 23.1 Å². The number of alkyl halides is 3. The number of nitrogens with zero attached hydrogens (tertiary/aromatic N) is 1. The van der Waals surface area contributed by atoms with Crippen LogP contribution in [0.25, 0.3) is 10.9 Å². The molecule has 1 aliphatic carbocycles. The number of hydrogen-bond donors (Lipinski definition) is 2. The Labute approximate surface area is 130 Å². The van der Waals surface area contributed by atoms with Crippen molar-refractivity contribution in [3.8, 4) is 0 Å². The average Bonchev–Trinajstić information content (AvgIpc) is 2.43. The number of carbonyl (C=O) groups excluding carboxylic acids is 1. The van der Waals surface area contributed by atoms with Gasteiger partial charge < -0.3 is 10.4 Å². The molecule has 23 heavy (non-hydrogen) atoms. The van der Waals surface area contributed by atoms with Crippen LogP contribution < -0.4 is 5.32 Å². The summed E-state index contributed by atoms with van der Waals surface area (Å²) < 4.78 is 37.7. The Morgan fingerprint density at radius 3 is 2.65 bits per heavy atom. The fourth-order valence-electron chi connectivity index (χ4n) is 2.73. The lowest BCUT2D eigenvalue weighted by Gasteiger charge is -2.44. The molecule has 3 rings (SSSR count). The Morgan fingerprint density at radius 1 is 1.30 bits per heavy atom. The first-order valence-electron chi connectivity index (χ1n) is 7.15. The summed E-state index contributed by atoms with van der Waals surface area (Å²) in [5.41, 5.74) is -0.728. The Balaban J connectivity index is 1.69. The Hall–Kier alpha value is -2.15. The second kappa shape index (κ2) is 5.19. The first-order valence-corrected chi connectivity index (χ1v) is 7.15. The highest BCUT2D eigenvalue weighted by Gasteiger charge is 2.61. The maximum atomic E-state index is 12.6. The third-order valence-corrected chi connectivity index (χ3v) is 4.12. The Morgan fingerprint density at radius 2 is 2.00 bits per heavy atom. The largest absolute Gasteiger partial charge is 0.417 e. The van der Waals surface area contributed by atoms with Gasteiger partial charge >= 0.3 is 6.18 Å². The van der Waals surface area contributed by atoms with Gasteiger partial charge in [-0.1, -0.05) is 6.07 Å². The van der Waals surface area contributed by atoms with Crippen molar-refractivity contribution in [2.45, 2.75) is 37.6 Å². The zero-order valence-electron chi connectivity index (χ0n) is 12.3. The minimum Gasteiger partial charge on any atom is -0.380 e. The zero-order valence-corrected chi connectivity index (χ0v) is 12.3. The summed E-state index contributed by atoms with van der Waals surface area (Å²) in [6, 6.07) is 7.90. The van der Waals surface area contributed by atoms with Crippen LogP contribution in [0.3, 0.4) is 0 Å². The number of fused-ring (bicyclic) bond motifs is 1. The first-order chi connectivity index (χ1) is 10.7. The standard InChI is InChI=1S/C16H15F3N2O2/c1-9-2-3-10-6-11(4-5-13(10)20-9)14(22)21-12-7-15(23,8-12)16(17,18)19/h2-6,12,23H,7-8H2,1H3,(H,21,22). The van der Waals surface area contributed by atoms with Gasteiger partial charge in [-0.25, -0.2) is 0 Å². The highest BCUT2D eigenvalue weighted by molar-refractivity contribution is 5.98. The molecule has 4 nitrogen and oxygen atoms in total. The quantitative estimate of drug-likeness (QED) is 0.893. The van der Waals surface area contributed by atoms with Crippen molar-refractivity contribution in [1.82, 2.24) is 10.3 Å². The van der Waals surface area contributed by atoms with Gasteiger partial charge in [0.05, 0.1) is 5.52 Å². The van der Waals surface area contributed by atoms with Crippen molar-refractivity contribution in [2.75, 3.05) is 0 Å². The maximum Gasteiger partial charge on any atom is 0.417 e. The van der Waals surface area contributed by atoms with Crippen molar-refractivity contribution in [3.63, 3.8) is 0 Å². The lowest BCUT2D eigenvalue weighted by molar-refractivity contribution is -0.291. The van der Waals surface area contributed by atoms with Gasteiger partial charge in [-0.15, -0.1) is 0 Å². The lowest BCUT2D eigenvalue weighted by Crippen LogP contribution is -2.62. The van der Waals surface area contributed by atoms with Gasteiger partial charge in [-0.2, -0.15) is 13.2 Å². The summed E-state index contributed by atoms with van der Waals surface area (Å²) in [5, 5.41) is 12.7. The number of nitrogens with one attached hydrogen (secondary N) is 1. The molecule has 1 fully saturated rings. The van der Waals surface area contributed by atoms with E-state index in [1.54, 1.807) is 18.2 Å². The number of aryl methyl sites for hydroxylation is 1. The van der Waals surface area contributed by atoms with Crippen LogP contribution in [-0.2, 0) is 0 Å². The van der Waals surface area contributed by atoms with Crippen molar-refractivity contribution in [3.05, 3.63) is 41.6 Å². The van der Waals surface area contributed by atoms with Gasteiger partial charge in [0.15, 0.2) is 5.60 Å². The molecule has 0 spiro atoms. The molecule has 2 N–H and O–H groups in total. The van der Waals surface area contributed by atoms with E-state index in [1.165, 1.54) is 0 Å². The number of benzene rings is 1. The average molecular weight is 324 g/mol. The fraction of sp³-hybridized carbons (Fsp3) is 0.375. The summed E-state index contributed by atoms with van der Waals surface area (Å²) in [6.07, 6.45) is -5.70. The number of carbonyl (C=O) groups is 1. The topological polar surface area (TPSA) is 62.2 Å². The van der Waals surface area contributed by atoms with Crippen LogP contribution in [-0.4, -0.2) is 33.8 Å². The minimum absolute atomic E-state index is 0.352. The van der Waals surface area contributed by atoms with E-state index >= 15 is 0 Å². The second-order valence-electron chi connectivity index (χ2n) is 5.97. The molecule has 1 saturated carbocycles. The van der Waals surface area contributed by atoms with Crippen molar-refractivity contribution >= 4 is 16.8 Å². The zero-order chi connectivity index (χ0) is 16.8. The fourth-order valence-corrected chi connectivity index (χ4v) is 2.73. The molecule has 1 aliphatic rings. The molecule has 2 aromatic rings. The van der Waals surface area contributed by atoms with Crippen LogP contribution in [0.1, 0.15) is 28.9 Å². The molecule has 0 bridgehead atoms. The third-order valence-electron chi connectivity index (χ3n) is 4.12. The van der Waals surface area contributed by atoms with E-state index < -0.39 is 36.6 Å². The Bertz CT molecular complexity index is 767. The molecule has 0 saturated heterocycles. The van der Waals surface area contributed by atoms with Crippen LogP contribution in [0.5, 0.6) is 0 Å². The smallest absolute Gasteiger partial charge is 0.380 e. The maximum absolute atomic E-state index is 12.6. The summed E-state index contributed by atoms with van der Waals surface area (Å²) >= 11 is 0. The number of pyridine rings is 1. The van der Waals surface area contributed by atoms with Crippen molar-refractivity contribution in [1.29, 1.82) is 0 Å². The SMILES string of the molecule is Cc1ccc2cc(C(=O)NC3CC(O)(C(F)(F)F)C3)ccc2n1. The van der Waals surface area contributed by atoms with E-state index in [-0.39, 0.29) is 0 Å². The van der Waals surface area contributed by atoms with E-state index in [0.717, 1.165) is 16.6 Å². The highest BCUT2D eigenvalue weighted by atomic mass is 19.4. The molecule has 0 radical (unpaired) electrons. The third kappa shape index (κ3) is 2.88. The molecule has 0 aliphatic heterocycles. The van der Waals surface area contributed by atoms with E-state index in [1.807, 2.05) is 19.1 Å². The van der Waals surface area contributed by atoms with Gasteiger partial charge in [-0.05, 0) is 31.2 Å². The predicted octanol–water partition coefficient (Wildman–Crippen LogP) is 2.73. The van der Waals surface area contributed by atoms with Crippen LogP contribution in [0.15, 0.2) is 30.3 Å². The predicted molar refractivity (Wildman–Crippen MR) is 78.0 cm³/mol. The number of aromatic nitrogens is 1. The van der Waals surface area contributed by atoms with Gasteiger partial charge in [-0.3, -0.25) is 9.78 Å². The molecule has 122 valence electrons. The molecular formula is C16H15F3N2O2. The molecule has 0 atom stereocenters. The number of aliphatic hydroxyl groups is 1. The van der Waals surface area contributed by atoms with Crippen LogP contribution in [0, 0.1) is 6.92 Å². The summed E-state index contributed by atoms with van der Waals surface area (Å²) in [7, 11) is 0. The minimum atomic E-state index is -4.67. The Kier molecular flexibility index (Phi) is 3.55. The second-order valence-corrected chi connectivity index (χ2v) is 5.97. The number of halogens is 3. The van der Waals surface area contributed by atoms with Crippen LogP contribution in [0.2, 0.25) is 0 Å². The van der Waals surface area contributed by atoms with E-state index in [0.29, 0.717) is 5.56 Å². The van der Waals surface area contributed by atoms with Gasteiger partial charge in [0.1, 0.15) is 0 Å². The van der Waals surface area contributed by atoms with E-state index in [2.05, 4.69) is 10.3 Å². The molecular weight excluding hydrogens is 309 g/mol. The molecule has 1 aromatic heterocycles. The lowest BCUT2D eigenvalue weighted by atomic mass is 9.75. The molecule has 1 amide bonds.